The normalized spacial score (nSPS) is 21.5. The molecule has 0 aromatic heterocycles. The first-order valence-corrected chi connectivity index (χ1v) is 11.5. The molecule has 0 radical (unpaired) electrons. The first-order chi connectivity index (χ1) is 15.0. The molecule has 0 saturated carbocycles. The van der Waals surface area contributed by atoms with Crippen LogP contribution in [0.5, 0.6) is 0 Å². The molecule has 2 aliphatic rings. The van der Waals surface area contributed by atoms with Gasteiger partial charge < -0.3 is 20.3 Å². The number of hydrogen-bond acceptors (Lipinski definition) is 5. The lowest BCUT2D eigenvalue weighted by molar-refractivity contribution is -0.126. The standard InChI is InChI=1S/C22H23ClFN3O3S/c23-16-2-1-3-17(20(16)27-8-10-30-11-9-27)25-21(28)18-13-31-19(22(29)26-18)12-14-4-6-15(24)7-5-14/h1-7,18-19H,8-13H2,(H,25,28)(H,26,29)/t18-,19+/m0/s1. The van der Waals surface area contributed by atoms with Gasteiger partial charge in [-0.1, -0.05) is 29.8 Å². The second-order valence-electron chi connectivity index (χ2n) is 7.44. The fourth-order valence-electron chi connectivity index (χ4n) is 3.67. The first kappa shape index (κ1) is 21.9. The van der Waals surface area contributed by atoms with E-state index in [0.29, 0.717) is 49.2 Å². The number of hydrogen-bond donors (Lipinski definition) is 2. The van der Waals surface area contributed by atoms with Gasteiger partial charge in [0.15, 0.2) is 0 Å². The van der Waals surface area contributed by atoms with Crippen molar-refractivity contribution in [3.05, 3.63) is 58.9 Å². The lowest BCUT2D eigenvalue weighted by atomic mass is 10.1. The van der Waals surface area contributed by atoms with Gasteiger partial charge in [-0.25, -0.2) is 4.39 Å². The summed E-state index contributed by atoms with van der Waals surface area (Å²) in [7, 11) is 0. The van der Waals surface area contributed by atoms with Gasteiger partial charge in [0.1, 0.15) is 11.9 Å². The van der Waals surface area contributed by atoms with Gasteiger partial charge in [-0.3, -0.25) is 9.59 Å². The Morgan fingerprint density at radius 2 is 1.97 bits per heavy atom. The minimum Gasteiger partial charge on any atom is -0.378 e. The van der Waals surface area contributed by atoms with E-state index in [1.807, 2.05) is 6.07 Å². The number of thioether (sulfide) groups is 1. The number of para-hydroxylation sites is 1. The zero-order valence-electron chi connectivity index (χ0n) is 16.8. The van der Waals surface area contributed by atoms with Crippen molar-refractivity contribution in [2.75, 3.05) is 42.3 Å². The Kier molecular flexibility index (Phi) is 6.99. The Morgan fingerprint density at radius 3 is 2.68 bits per heavy atom. The third-order valence-corrected chi connectivity index (χ3v) is 6.91. The first-order valence-electron chi connectivity index (χ1n) is 10.1. The highest BCUT2D eigenvalue weighted by Gasteiger charge is 2.33. The molecule has 0 spiro atoms. The molecule has 164 valence electrons. The molecule has 0 bridgehead atoms. The molecule has 2 fully saturated rings. The highest BCUT2D eigenvalue weighted by atomic mass is 35.5. The van der Waals surface area contributed by atoms with Crippen LogP contribution in [-0.4, -0.2) is 55.2 Å². The second-order valence-corrected chi connectivity index (χ2v) is 9.08. The molecule has 31 heavy (non-hydrogen) atoms. The second kappa shape index (κ2) is 9.89. The lowest BCUT2D eigenvalue weighted by Gasteiger charge is -2.32. The molecule has 2 saturated heterocycles. The molecule has 6 nitrogen and oxygen atoms in total. The van der Waals surface area contributed by atoms with Crippen LogP contribution in [0.2, 0.25) is 5.02 Å². The highest BCUT2D eigenvalue weighted by Crippen LogP contribution is 2.35. The van der Waals surface area contributed by atoms with Gasteiger partial charge in [-0.15, -0.1) is 11.8 Å². The molecule has 0 unspecified atom stereocenters. The Labute approximate surface area is 189 Å². The maximum Gasteiger partial charge on any atom is 0.247 e. The van der Waals surface area contributed by atoms with Crippen LogP contribution in [0.25, 0.3) is 0 Å². The molecule has 9 heteroatoms. The summed E-state index contributed by atoms with van der Waals surface area (Å²) in [6.07, 6.45) is 0.487. The van der Waals surface area contributed by atoms with E-state index in [1.165, 1.54) is 23.9 Å². The molecular formula is C22H23ClFN3O3S. The Hall–Kier alpha value is -2.29. The van der Waals surface area contributed by atoms with Crippen LogP contribution >= 0.6 is 23.4 Å². The quantitative estimate of drug-likeness (QED) is 0.713. The van der Waals surface area contributed by atoms with Crippen molar-refractivity contribution < 1.29 is 18.7 Å². The van der Waals surface area contributed by atoms with Crippen LogP contribution in [0.4, 0.5) is 15.8 Å². The maximum absolute atomic E-state index is 13.1. The zero-order valence-corrected chi connectivity index (χ0v) is 18.3. The van der Waals surface area contributed by atoms with E-state index < -0.39 is 6.04 Å². The Morgan fingerprint density at radius 1 is 1.23 bits per heavy atom. The van der Waals surface area contributed by atoms with Gasteiger partial charge in [0.05, 0.1) is 34.9 Å². The number of amides is 2. The number of rotatable bonds is 5. The summed E-state index contributed by atoms with van der Waals surface area (Å²) in [6, 6.07) is 10.9. The van der Waals surface area contributed by atoms with Crippen molar-refractivity contribution in [2.24, 2.45) is 0 Å². The third kappa shape index (κ3) is 5.31. The van der Waals surface area contributed by atoms with Crippen LogP contribution < -0.4 is 15.5 Å². The van der Waals surface area contributed by atoms with Crippen LogP contribution in [0.15, 0.2) is 42.5 Å². The van der Waals surface area contributed by atoms with Gasteiger partial charge in [0, 0.05) is 18.8 Å². The number of halogens is 2. The minimum atomic E-state index is -0.640. The molecule has 2 aromatic carbocycles. The molecule has 2 atom stereocenters. The van der Waals surface area contributed by atoms with Crippen LogP contribution in [0.3, 0.4) is 0 Å². The molecule has 2 heterocycles. The van der Waals surface area contributed by atoms with Gasteiger partial charge in [0.2, 0.25) is 11.8 Å². The molecule has 4 rings (SSSR count). The van der Waals surface area contributed by atoms with Gasteiger partial charge in [0.25, 0.3) is 0 Å². The average Bonchev–Trinajstić information content (AvgIpc) is 2.77. The van der Waals surface area contributed by atoms with E-state index in [-0.39, 0.29) is 22.9 Å². The smallest absolute Gasteiger partial charge is 0.247 e. The van der Waals surface area contributed by atoms with E-state index in [2.05, 4.69) is 15.5 Å². The zero-order chi connectivity index (χ0) is 21.8. The van der Waals surface area contributed by atoms with Crippen molar-refractivity contribution in [3.63, 3.8) is 0 Å². The Balaban J connectivity index is 1.39. The molecule has 0 aliphatic carbocycles. The van der Waals surface area contributed by atoms with Crippen LogP contribution in [-0.2, 0) is 20.7 Å². The van der Waals surface area contributed by atoms with Crippen molar-refractivity contribution in [2.45, 2.75) is 17.7 Å². The molecule has 2 aromatic rings. The number of nitrogens with one attached hydrogen (secondary N) is 2. The van der Waals surface area contributed by atoms with E-state index in [0.717, 1.165) is 11.3 Å². The van der Waals surface area contributed by atoms with Gasteiger partial charge in [-0.05, 0) is 36.2 Å². The predicted octanol–water partition coefficient (Wildman–Crippen LogP) is 3.10. The number of carbonyl (C=O) groups is 2. The van der Waals surface area contributed by atoms with Crippen molar-refractivity contribution in [3.8, 4) is 0 Å². The summed E-state index contributed by atoms with van der Waals surface area (Å²) >= 11 is 7.86. The monoisotopic (exact) mass is 463 g/mol. The van der Waals surface area contributed by atoms with E-state index in [4.69, 9.17) is 16.3 Å². The van der Waals surface area contributed by atoms with Crippen molar-refractivity contribution in [1.82, 2.24) is 5.32 Å². The summed E-state index contributed by atoms with van der Waals surface area (Å²) in [5, 5.41) is 5.99. The molecular weight excluding hydrogens is 441 g/mol. The third-order valence-electron chi connectivity index (χ3n) is 5.30. The topological polar surface area (TPSA) is 70.7 Å². The number of nitrogens with zero attached hydrogens (tertiary/aromatic N) is 1. The maximum atomic E-state index is 13.1. The lowest BCUT2D eigenvalue weighted by Crippen LogP contribution is -2.53. The SMILES string of the molecule is O=C(Nc1cccc(Cl)c1N1CCOCC1)[C@@H]1CS[C@H](Cc2ccc(F)cc2)C(=O)N1. The van der Waals surface area contributed by atoms with E-state index in [9.17, 15) is 14.0 Å². The summed E-state index contributed by atoms with van der Waals surface area (Å²) in [5.41, 5.74) is 2.27. The van der Waals surface area contributed by atoms with Crippen LogP contribution in [0, 0.1) is 5.82 Å². The summed E-state index contributed by atoms with van der Waals surface area (Å²) < 4.78 is 18.5. The number of carbonyl (C=O) groups excluding carboxylic acids is 2. The average molecular weight is 464 g/mol. The summed E-state index contributed by atoms with van der Waals surface area (Å²) in [5.74, 6) is -0.326. The summed E-state index contributed by atoms with van der Waals surface area (Å²) in [6.45, 7) is 2.58. The number of ether oxygens (including phenoxy) is 1. The number of benzene rings is 2. The Bertz CT molecular complexity index is 954. The summed E-state index contributed by atoms with van der Waals surface area (Å²) in [4.78, 5) is 27.6. The fraction of sp³-hybridized carbons (Fsp3) is 0.364. The predicted molar refractivity (Wildman–Crippen MR) is 121 cm³/mol. The van der Waals surface area contributed by atoms with Gasteiger partial charge >= 0.3 is 0 Å². The molecule has 2 aliphatic heterocycles. The van der Waals surface area contributed by atoms with Gasteiger partial charge in [-0.2, -0.15) is 0 Å². The minimum absolute atomic E-state index is 0.194. The number of anilines is 2. The van der Waals surface area contributed by atoms with E-state index >= 15 is 0 Å². The fourth-order valence-corrected chi connectivity index (χ4v) is 5.15. The highest BCUT2D eigenvalue weighted by molar-refractivity contribution is 8.00. The number of morpholine rings is 1. The molecule has 2 amide bonds. The van der Waals surface area contributed by atoms with E-state index in [1.54, 1.807) is 24.3 Å². The molecule has 2 N–H and O–H groups in total. The van der Waals surface area contributed by atoms with Crippen molar-refractivity contribution >= 4 is 46.6 Å². The van der Waals surface area contributed by atoms with Crippen LogP contribution in [0.1, 0.15) is 5.56 Å². The van der Waals surface area contributed by atoms with Crippen molar-refractivity contribution in [1.29, 1.82) is 0 Å². The largest absolute Gasteiger partial charge is 0.378 e.